The SMILES string of the molecule is O=C(Nc1ccc(F)cc1)N1CC(=O)N2[C@H](C1)[C@H](c1ccc(-c3cccc(F)c3)cc1)[C@@H]2CO. The van der Waals surface area contributed by atoms with E-state index in [9.17, 15) is 23.5 Å². The van der Waals surface area contributed by atoms with E-state index in [4.69, 9.17) is 0 Å². The minimum absolute atomic E-state index is 0.0920. The summed E-state index contributed by atoms with van der Waals surface area (Å²) in [6, 6.07) is 18.3. The molecule has 2 fully saturated rings. The molecule has 0 saturated carbocycles. The largest absolute Gasteiger partial charge is 0.394 e. The number of nitrogens with one attached hydrogen (secondary N) is 1. The Morgan fingerprint density at radius 1 is 0.971 bits per heavy atom. The Balaban J connectivity index is 1.34. The molecule has 2 aliphatic rings. The molecule has 0 bridgehead atoms. The van der Waals surface area contributed by atoms with E-state index in [1.807, 2.05) is 30.3 Å². The lowest BCUT2D eigenvalue weighted by molar-refractivity contribution is -0.159. The lowest BCUT2D eigenvalue weighted by Gasteiger charge is -2.58. The van der Waals surface area contributed by atoms with E-state index in [0.29, 0.717) is 12.2 Å². The van der Waals surface area contributed by atoms with Crippen LogP contribution in [0.2, 0.25) is 0 Å². The van der Waals surface area contributed by atoms with Gasteiger partial charge in [-0.05, 0) is 53.1 Å². The molecule has 8 heteroatoms. The van der Waals surface area contributed by atoms with E-state index in [-0.39, 0.29) is 42.9 Å². The van der Waals surface area contributed by atoms with Gasteiger partial charge >= 0.3 is 6.03 Å². The van der Waals surface area contributed by atoms with E-state index in [1.165, 1.54) is 41.3 Å². The standard InChI is InChI=1S/C26H23F2N3O3/c27-19-8-10-21(11-9-19)29-26(34)30-13-22-25(23(15-32)31(22)24(33)14-30)17-6-4-16(5-7-17)18-2-1-3-20(28)12-18/h1-12,22-23,25,32H,13-15H2,(H,29,34)/t22-,23+,25+/m1/s1. The minimum Gasteiger partial charge on any atom is -0.394 e. The Bertz CT molecular complexity index is 1220. The van der Waals surface area contributed by atoms with E-state index >= 15 is 0 Å². The average Bonchev–Trinajstić information content (AvgIpc) is 2.82. The molecule has 3 atom stereocenters. The van der Waals surface area contributed by atoms with Gasteiger partial charge in [-0.3, -0.25) is 4.79 Å². The Morgan fingerprint density at radius 3 is 2.38 bits per heavy atom. The summed E-state index contributed by atoms with van der Waals surface area (Å²) in [6.07, 6.45) is 0. The molecule has 0 spiro atoms. The van der Waals surface area contributed by atoms with Gasteiger partial charge in [-0.15, -0.1) is 0 Å². The maximum Gasteiger partial charge on any atom is 0.322 e. The number of amides is 3. The number of halogens is 2. The summed E-state index contributed by atoms with van der Waals surface area (Å²) in [6.45, 7) is 0.0389. The predicted molar refractivity (Wildman–Crippen MR) is 123 cm³/mol. The van der Waals surface area contributed by atoms with Crippen molar-refractivity contribution in [3.05, 3.63) is 90.0 Å². The van der Waals surface area contributed by atoms with Crippen LogP contribution < -0.4 is 5.32 Å². The van der Waals surface area contributed by atoms with Crippen LogP contribution in [0.3, 0.4) is 0 Å². The number of aliphatic hydroxyl groups excluding tert-OH is 1. The maximum atomic E-state index is 13.6. The summed E-state index contributed by atoms with van der Waals surface area (Å²) in [5.74, 6) is -1.08. The van der Waals surface area contributed by atoms with Crippen molar-refractivity contribution in [2.24, 2.45) is 0 Å². The molecule has 0 unspecified atom stereocenters. The minimum atomic E-state index is -0.438. The first-order valence-corrected chi connectivity index (χ1v) is 11.0. The normalized spacial score (nSPS) is 21.6. The van der Waals surface area contributed by atoms with E-state index in [0.717, 1.165) is 16.7 Å². The van der Waals surface area contributed by atoms with Gasteiger partial charge in [-0.2, -0.15) is 0 Å². The van der Waals surface area contributed by atoms with Gasteiger partial charge < -0.3 is 20.2 Å². The van der Waals surface area contributed by atoms with Gasteiger partial charge in [0.1, 0.15) is 18.2 Å². The fourth-order valence-corrected chi connectivity index (χ4v) is 4.96. The summed E-state index contributed by atoms with van der Waals surface area (Å²) in [7, 11) is 0. The number of carbonyl (C=O) groups is 2. The van der Waals surface area contributed by atoms with Crippen LogP contribution in [-0.4, -0.2) is 58.6 Å². The molecule has 3 aromatic carbocycles. The van der Waals surface area contributed by atoms with Crippen LogP contribution in [0, 0.1) is 11.6 Å². The number of anilines is 1. The van der Waals surface area contributed by atoms with E-state index in [1.54, 1.807) is 11.0 Å². The predicted octanol–water partition coefficient (Wildman–Crippen LogP) is 3.83. The van der Waals surface area contributed by atoms with Crippen LogP contribution in [-0.2, 0) is 4.79 Å². The highest BCUT2D eigenvalue weighted by Gasteiger charge is 2.54. The maximum absolute atomic E-state index is 13.6. The third-order valence-electron chi connectivity index (χ3n) is 6.59. The highest BCUT2D eigenvalue weighted by molar-refractivity contribution is 5.93. The summed E-state index contributed by atoms with van der Waals surface area (Å²) in [5, 5.41) is 12.7. The van der Waals surface area contributed by atoms with Crippen molar-refractivity contribution < 1.29 is 23.5 Å². The Morgan fingerprint density at radius 2 is 1.71 bits per heavy atom. The molecule has 2 heterocycles. The molecule has 174 valence electrons. The topological polar surface area (TPSA) is 72.9 Å². The zero-order valence-corrected chi connectivity index (χ0v) is 18.2. The quantitative estimate of drug-likeness (QED) is 0.618. The molecule has 0 aromatic heterocycles. The number of fused-ring (bicyclic) bond motifs is 1. The number of aliphatic hydroxyl groups is 1. The zero-order valence-electron chi connectivity index (χ0n) is 18.2. The monoisotopic (exact) mass is 463 g/mol. The zero-order chi connectivity index (χ0) is 23.8. The molecular formula is C26H23F2N3O3. The Labute approximate surface area is 195 Å². The van der Waals surface area contributed by atoms with Gasteiger partial charge in [0.15, 0.2) is 0 Å². The number of hydrogen-bond donors (Lipinski definition) is 2. The number of nitrogens with zero attached hydrogens (tertiary/aromatic N) is 2. The van der Waals surface area contributed by atoms with Crippen LogP contribution >= 0.6 is 0 Å². The molecule has 2 saturated heterocycles. The van der Waals surface area contributed by atoms with Crippen molar-refractivity contribution >= 4 is 17.6 Å². The Kier molecular flexibility index (Phi) is 5.75. The first-order chi connectivity index (χ1) is 16.4. The summed E-state index contributed by atoms with van der Waals surface area (Å²) in [5.41, 5.74) is 3.00. The third kappa shape index (κ3) is 4.01. The first kappa shape index (κ1) is 22.0. The lowest BCUT2D eigenvalue weighted by Crippen LogP contribution is -2.73. The van der Waals surface area contributed by atoms with Crippen LogP contribution in [0.4, 0.5) is 19.3 Å². The molecule has 0 radical (unpaired) electrons. The van der Waals surface area contributed by atoms with Gasteiger partial charge in [0.25, 0.3) is 0 Å². The first-order valence-electron chi connectivity index (χ1n) is 11.0. The van der Waals surface area contributed by atoms with Gasteiger partial charge in [0.2, 0.25) is 5.91 Å². The second-order valence-corrected chi connectivity index (χ2v) is 8.59. The van der Waals surface area contributed by atoms with Crippen molar-refractivity contribution in [3.8, 4) is 11.1 Å². The summed E-state index contributed by atoms with van der Waals surface area (Å²) in [4.78, 5) is 28.7. The number of urea groups is 1. The molecule has 2 aliphatic heterocycles. The van der Waals surface area contributed by atoms with Crippen molar-refractivity contribution in [2.45, 2.75) is 18.0 Å². The van der Waals surface area contributed by atoms with Gasteiger partial charge in [0.05, 0.1) is 18.7 Å². The van der Waals surface area contributed by atoms with Gasteiger partial charge in [-0.25, -0.2) is 13.6 Å². The molecule has 34 heavy (non-hydrogen) atoms. The lowest BCUT2D eigenvalue weighted by atomic mass is 9.73. The molecule has 3 amide bonds. The van der Waals surface area contributed by atoms with Crippen molar-refractivity contribution in [1.29, 1.82) is 0 Å². The van der Waals surface area contributed by atoms with Crippen LogP contribution in [0.5, 0.6) is 0 Å². The second-order valence-electron chi connectivity index (χ2n) is 8.59. The highest BCUT2D eigenvalue weighted by Crippen LogP contribution is 2.43. The van der Waals surface area contributed by atoms with Crippen molar-refractivity contribution in [2.75, 3.05) is 25.0 Å². The molecule has 6 nitrogen and oxygen atoms in total. The Hall–Kier alpha value is -3.78. The second kappa shape index (κ2) is 8.87. The van der Waals surface area contributed by atoms with Gasteiger partial charge in [-0.1, -0.05) is 36.4 Å². The average molecular weight is 463 g/mol. The fourth-order valence-electron chi connectivity index (χ4n) is 4.96. The molecule has 2 N–H and O–H groups in total. The number of carbonyl (C=O) groups excluding carboxylic acids is 2. The number of piperazine rings is 1. The fraction of sp³-hybridized carbons (Fsp3) is 0.231. The molecule has 3 aromatic rings. The third-order valence-corrected chi connectivity index (χ3v) is 6.59. The summed E-state index contributed by atoms with van der Waals surface area (Å²) < 4.78 is 26.7. The van der Waals surface area contributed by atoms with Gasteiger partial charge in [0, 0.05) is 18.2 Å². The number of rotatable bonds is 4. The molecule has 0 aliphatic carbocycles. The van der Waals surface area contributed by atoms with E-state index < -0.39 is 11.8 Å². The number of hydrogen-bond acceptors (Lipinski definition) is 3. The van der Waals surface area contributed by atoms with E-state index in [2.05, 4.69) is 5.32 Å². The molecule has 5 rings (SSSR count). The van der Waals surface area contributed by atoms with Crippen molar-refractivity contribution in [3.63, 3.8) is 0 Å². The van der Waals surface area contributed by atoms with Crippen LogP contribution in [0.1, 0.15) is 11.5 Å². The molecular weight excluding hydrogens is 440 g/mol. The summed E-state index contributed by atoms with van der Waals surface area (Å²) >= 11 is 0. The van der Waals surface area contributed by atoms with Crippen LogP contribution in [0.25, 0.3) is 11.1 Å². The van der Waals surface area contributed by atoms with Crippen LogP contribution in [0.15, 0.2) is 72.8 Å². The smallest absolute Gasteiger partial charge is 0.322 e. The highest BCUT2D eigenvalue weighted by atomic mass is 19.1. The van der Waals surface area contributed by atoms with Crippen molar-refractivity contribution in [1.82, 2.24) is 9.80 Å². The number of benzene rings is 3.